The van der Waals surface area contributed by atoms with Crippen LogP contribution in [-0.4, -0.2) is 10.8 Å². The fourth-order valence-corrected chi connectivity index (χ4v) is 3.43. The molecule has 0 bridgehead atoms. The van der Waals surface area contributed by atoms with E-state index in [1.165, 1.54) is 6.07 Å². The van der Waals surface area contributed by atoms with Crippen molar-refractivity contribution in [1.82, 2.24) is 5.32 Å². The standard InChI is InChI=1S/C13H10N2O3S/c1-7-3-2-4-8-11(7)12(13(16)14-8)9-5-6-10(19-9)15(17)18/h2-6,11-12H,1H2,(H,14,16). The van der Waals surface area contributed by atoms with Crippen LogP contribution in [0, 0.1) is 16.0 Å². The molecule has 1 aromatic heterocycles. The van der Waals surface area contributed by atoms with Gasteiger partial charge in [-0.3, -0.25) is 14.9 Å². The lowest BCUT2D eigenvalue weighted by molar-refractivity contribution is -0.380. The van der Waals surface area contributed by atoms with Crippen LogP contribution in [0.15, 0.2) is 48.2 Å². The summed E-state index contributed by atoms with van der Waals surface area (Å²) in [6.07, 6.45) is 5.55. The van der Waals surface area contributed by atoms with Crippen molar-refractivity contribution in [2.75, 3.05) is 0 Å². The van der Waals surface area contributed by atoms with E-state index in [0.717, 1.165) is 22.6 Å². The molecule has 2 heterocycles. The average Bonchev–Trinajstić information content (AvgIpc) is 2.93. The van der Waals surface area contributed by atoms with E-state index in [4.69, 9.17) is 0 Å². The van der Waals surface area contributed by atoms with Crippen molar-refractivity contribution in [2.24, 2.45) is 5.92 Å². The van der Waals surface area contributed by atoms with Crippen LogP contribution in [-0.2, 0) is 4.79 Å². The maximum Gasteiger partial charge on any atom is 0.324 e. The number of nitrogens with one attached hydrogen (secondary N) is 1. The lowest BCUT2D eigenvalue weighted by atomic mass is 9.83. The Morgan fingerprint density at radius 2 is 2.16 bits per heavy atom. The summed E-state index contributed by atoms with van der Waals surface area (Å²) in [6, 6.07) is 3.10. The van der Waals surface area contributed by atoms with Crippen molar-refractivity contribution in [3.05, 3.63) is 63.2 Å². The molecule has 0 aromatic carbocycles. The second kappa shape index (κ2) is 4.17. The Bertz CT molecular complexity index is 657. The summed E-state index contributed by atoms with van der Waals surface area (Å²) in [5, 5.41) is 13.6. The number of amides is 1. The minimum atomic E-state index is -0.437. The van der Waals surface area contributed by atoms with Crippen LogP contribution in [0.5, 0.6) is 0 Å². The molecule has 5 nitrogen and oxygen atoms in total. The van der Waals surface area contributed by atoms with E-state index in [2.05, 4.69) is 11.9 Å². The van der Waals surface area contributed by atoms with Gasteiger partial charge in [-0.2, -0.15) is 0 Å². The molecule has 1 N–H and O–H groups in total. The van der Waals surface area contributed by atoms with E-state index in [1.54, 1.807) is 6.07 Å². The van der Waals surface area contributed by atoms with Crippen LogP contribution in [0.3, 0.4) is 0 Å². The number of hydrogen-bond acceptors (Lipinski definition) is 4. The van der Waals surface area contributed by atoms with Crippen molar-refractivity contribution >= 4 is 22.2 Å². The van der Waals surface area contributed by atoms with Crippen LogP contribution in [0.1, 0.15) is 10.8 Å². The Balaban J connectivity index is 2.01. The zero-order valence-electron chi connectivity index (χ0n) is 9.83. The highest BCUT2D eigenvalue weighted by molar-refractivity contribution is 7.15. The Kier molecular flexibility index (Phi) is 2.60. The summed E-state index contributed by atoms with van der Waals surface area (Å²) in [5.74, 6) is -0.670. The van der Waals surface area contributed by atoms with Gasteiger partial charge in [0.05, 0.1) is 10.8 Å². The average molecular weight is 274 g/mol. The van der Waals surface area contributed by atoms with E-state index in [0.29, 0.717) is 4.88 Å². The van der Waals surface area contributed by atoms with Gasteiger partial charge in [-0.1, -0.05) is 30.1 Å². The largest absolute Gasteiger partial charge is 0.329 e. The SMILES string of the molecule is C=C1C=CC=C2NC(=O)C(c3ccc([N+](=O)[O-])s3)C12. The Morgan fingerprint density at radius 1 is 1.37 bits per heavy atom. The second-order valence-electron chi connectivity index (χ2n) is 4.43. The first-order valence-corrected chi connectivity index (χ1v) is 6.51. The first kappa shape index (κ1) is 11.9. The quantitative estimate of drug-likeness (QED) is 0.665. The highest BCUT2D eigenvalue weighted by atomic mass is 32.1. The zero-order chi connectivity index (χ0) is 13.6. The summed E-state index contributed by atoms with van der Waals surface area (Å²) < 4.78 is 0. The topological polar surface area (TPSA) is 72.2 Å². The van der Waals surface area contributed by atoms with Gasteiger partial charge in [-0.05, 0) is 17.7 Å². The van der Waals surface area contributed by atoms with Crippen molar-refractivity contribution in [1.29, 1.82) is 0 Å². The van der Waals surface area contributed by atoms with Gasteiger partial charge in [-0.25, -0.2) is 0 Å². The molecule has 1 aromatic rings. The Hall–Kier alpha value is -2.21. The number of allylic oxidation sites excluding steroid dienone is 4. The highest BCUT2D eigenvalue weighted by Gasteiger charge is 2.42. The number of carbonyl (C=O) groups excluding carboxylic acids is 1. The van der Waals surface area contributed by atoms with Crippen molar-refractivity contribution in [2.45, 2.75) is 5.92 Å². The fraction of sp³-hybridized carbons (Fsp3) is 0.154. The summed E-state index contributed by atoms with van der Waals surface area (Å²) >= 11 is 1.05. The minimum absolute atomic E-state index is 0.0530. The lowest BCUT2D eigenvalue weighted by Gasteiger charge is -2.19. The van der Waals surface area contributed by atoms with Crippen LogP contribution in [0.25, 0.3) is 0 Å². The van der Waals surface area contributed by atoms with Gasteiger partial charge in [0, 0.05) is 22.6 Å². The number of hydrogen-bond donors (Lipinski definition) is 1. The molecule has 2 atom stereocenters. The van der Waals surface area contributed by atoms with Gasteiger partial charge < -0.3 is 5.32 Å². The molecule has 19 heavy (non-hydrogen) atoms. The van der Waals surface area contributed by atoms with E-state index >= 15 is 0 Å². The predicted molar refractivity (Wildman–Crippen MR) is 71.7 cm³/mol. The van der Waals surface area contributed by atoms with E-state index in [1.807, 2.05) is 18.2 Å². The van der Waals surface area contributed by atoms with Gasteiger partial charge in [0.1, 0.15) is 0 Å². The summed E-state index contributed by atoms with van der Waals surface area (Å²) in [6.45, 7) is 3.96. The maximum absolute atomic E-state index is 12.1. The third-order valence-electron chi connectivity index (χ3n) is 3.30. The molecule has 0 spiro atoms. The van der Waals surface area contributed by atoms with Crippen LogP contribution in [0.4, 0.5) is 5.00 Å². The number of carbonyl (C=O) groups is 1. The third-order valence-corrected chi connectivity index (χ3v) is 4.42. The first-order chi connectivity index (χ1) is 9.08. The van der Waals surface area contributed by atoms with Gasteiger partial charge >= 0.3 is 5.00 Å². The summed E-state index contributed by atoms with van der Waals surface area (Å²) in [5.41, 5.74) is 1.66. The van der Waals surface area contributed by atoms with Crippen LogP contribution in [0.2, 0.25) is 0 Å². The predicted octanol–water partition coefficient (Wildman–Crippen LogP) is 2.50. The molecule has 0 saturated carbocycles. The summed E-state index contributed by atoms with van der Waals surface area (Å²) in [4.78, 5) is 23.1. The monoisotopic (exact) mass is 274 g/mol. The molecule has 2 unspecified atom stereocenters. The normalized spacial score (nSPS) is 24.9. The van der Waals surface area contributed by atoms with E-state index < -0.39 is 10.8 Å². The van der Waals surface area contributed by atoms with Crippen molar-refractivity contribution in [3.63, 3.8) is 0 Å². The minimum Gasteiger partial charge on any atom is -0.329 e. The number of thiophene rings is 1. The first-order valence-electron chi connectivity index (χ1n) is 5.70. The molecular weight excluding hydrogens is 264 g/mol. The fourth-order valence-electron chi connectivity index (χ4n) is 2.47. The zero-order valence-corrected chi connectivity index (χ0v) is 10.6. The molecular formula is C13H10N2O3S. The second-order valence-corrected chi connectivity index (χ2v) is 5.53. The number of fused-ring (bicyclic) bond motifs is 1. The van der Waals surface area contributed by atoms with Crippen molar-refractivity contribution < 1.29 is 9.72 Å². The lowest BCUT2D eigenvalue weighted by Crippen LogP contribution is -2.17. The van der Waals surface area contributed by atoms with E-state index in [-0.39, 0.29) is 16.8 Å². The molecule has 2 aliphatic rings. The number of rotatable bonds is 2. The van der Waals surface area contributed by atoms with E-state index in [9.17, 15) is 14.9 Å². The molecule has 1 aliphatic carbocycles. The number of nitrogens with zero attached hydrogens (tertiary/aromatic N) is 1. The van der Waals surface area contributed by atoms with Gasteiger partial charge in [-0.15, -0.1) is 0 Å². The van der Waals surface area contributed by atoms with Gasteiger partial charge in [0.25, 0.3) is 0 Å². The van der Waals surface area contributed by atoms with Gasteiger partial charge in [0.15, 0.2) is 0 Å². The molecule has 96 valence electrons. The van der Waals surface area contributed by atoms with Crippen LogP contribution >= 0.6 is 11.3 Å². The van der Waals surface area contributed by atoms with Crippen molar-refractivity contribution in [3.8, 4) is 0 Å². The molecule has 3 rings (SSSR count). The summed E-state index contributed by atoms with van der Waals surface area (Å²) in [7, 11) is 0. The molecule has 1 saturated heterocycles. The number of nitro groups is 1. The highest BCUT2D eigenvalue weighted by Crippen LogP contribution is 2.44. The Morgan fingerprint density at radius 3 is 2.84 bits per heavy atom. The molecule has 1 amide bonds. The Labute approximate surface area is 113 Å². The van der Waals surface area contributed by atoms with Gasteiger partial charge in [0.2, 0.25) is 5.91 Å². The molecule has 1 fully saturated rings. The molecule has 0 radical (unpaired) electrons. The smallest absolute Gasteiger partial charge is 0.324 e. The molecule has 1 aliphatic heterocycles. The third kappa shape index (κ3) is 1.80. The molecule has 6 heteroatoms. The maximum atomic E-state index is 12.1. The van der Waals surface area contributed by atoms with Crippen LogP contribution < -0.4 is 5.32 Å².